The molecule has 0 spiro atoms. The summed E-state index contributed by atoms with van der Waals surface area (Å²) in [5.41, 5.74) is 0.771. The van der Waals surface area contributed by atoms with Gasteiger partial charge in [-0.05, 0) is 37.0 Å². The molecule has 0 aromatic heterocycles. The van der Waals surface area contributed by atoms with E-state index in [1.807, 2.05) is 6.07 Å². The predicted molar refractivity (Wildman–Crippen MR) is 98.2 cm³/mol. The molecular formula is C17H27Cl2FN2O2. The molecule has 0 bridgehead atoms. The van der Waals surface area contributed by atoms with E-state index in [2.05, 4.69) is 10.2 Å². The highest BCUT2D eigenvalue weighted by atomic mass is 35.5. The van der Waals surface area contributed by atoms with E-state index in [9.17, 15) is 4.39 Å². The van der Waals surface area contributed by atoms with Crippen LogP contribution >= 0.6 is 24.8 Å². The fourth-order valence-corrected chi connectivity index (χ4v) is 3.62. The molecule has 3 rings (SSSR count). The monoisotopic (exact) mass is 380 g/mol. The minimum absolute atomic E-state index is 0. The largest absolute Gasteiger partial charge is 0.497 e. The number of hydrogen-bond acceptors (Lipinski definition) is 4. The van der Waals surface area contributed by atoms with Crippen LogP contribution in [0.15, 0.2) is 18.2 Å². The molecule has 24 heavy (non-hydrogen) atoms. The van der Waals surface area contributed by atoms with Gasteiger partial charge >= 0.3 is 0 Å². The summed E-state index contributed by atoms with van der Waals surface area (Å²) in [6.07, 6.45) is 1.98. The van der Waals surface area contributed by atoms with Crippen LogP contribution in [0.1, 0.15) is 24.4 Å². The van der Waals surface area contributed by atoms with Crippen molar-refractivity contribution in [1.29, 1.82) is 0 Å². The normalized spacial score (nSPS) is 20.6. The van der Waals surface area contributed by atoms with E-state index in [0.29, 0.717) is 5.92 Å². The van der Waals surface area contributed by atoms with Crippen molar-refractivity contribution in [2.45, 2.75) is 18.9 Å². The van der Waals surface area contributed by atoms with E-state index in [1.54, 1.807) is 13.2 Å². The Morgan fingerprint density at radius 3 is 2.50 bits per heavy atom. The molecule has 1 atom stereocenters. The zero-order chi connectivity index (χ0) is 15.4. The lowest BCUT2D eigenvalue weighted by Gasteiger charge is -2.41. The predicted octanol–water partition coefficient (Wildman–Crippen LogP) is 3.05. The number of ether oxygens (including phenoxy) is 2. The van der Waals surface area contributed by atoms with Gasteiger partial charge in [0.05, 0.1) is 7.11 Å². The van der Waals surface area contributed by atoms with Gasteiger partial charge in [-0.15, -0.1) is 24.8 Å². The standard InChI is InChI=1S/C17H25FN2O2.2ClH/c1-21-14-2-3-16(18)15(12-14)17(13-4-10-22-11-5-13)20-8-6-19-7-9-20;;/h2-3,12-13,17,19H,4-11H2,1H3;2*1H/t17-;;/m1../s1. The lowest BCUT2D eigenvalue weighted by Crippen LogP contribution is -2.47. The third-order valence-electron chi connectivity index (χ3n) is 4.78. The molecule has 2 aliphatic rings. The van der Waals surface area contributed by atoms with Crippen molar-refractivity contribution in [3.63, 3.8) is 0 Å². The van der Waals surface area contributed by atoms with E-state index >= 15 is 0 Å². The van der Waals surface area contributed by atoms with Crippen LogP contribution in [-0.4, -0.2) is 51.4 Å². The summed E-state index contributed by atoms with van der Waals surface area (Å²) in [7, 11) is 1.63. The van der Waals surface area contributed by atoms with Crippen LogP contribution in [0.4, 0.5) is 4.39 Å². The minimum atomic E-state index is -0.129. The van der Waals surface area contributed by atoms with E-state index < -0.39 is 0 Å². The van der Waals surface area contributed by atoms with Crippen molar-refractivity contribution in [3.05, 3.63) is 29.6 Å². The van der Waals surface area contributed by atoms with E-state index in [4.69, 9.17) is 9.47 Å². The lowest BCUT2D eigenvalue weighted by molar-refractivity contribution is 0.0202. The molecule has 138 valence electrons. The van der Waals surface area contributed by atoms with Gasteiger partial charge < -0.3 is 14.8 Å². The summed E-state index contributed by atoms with van der Waals surface area (Å²) in [6.45, 7) is 5.39. The SMILES string of the molecule is COc1ccc(F)c([C@@H](C2CCOCC2)N2CCNCC2)c1.Cl.Cl. The quantitative estimate of drug-likeness (QED) is 0.870. The molecule has 1 aromatic rings. The van der Waals surface area contributed by atoms with Crippen molar-refractivity contribution in [2.75, 3.05) is 46.5 Å². The Morgan fingerprint density at radius 2 is 1.88 bits per heavy atom. The van der Waals surface area contributed by atoms with E-state index in [1.165, 1.54) is 6.07 Å². The second-order valence-electron chi connectivity index (χ2n) is 6.07. The second kappa shape index (κ2) is 10.4. The molecule has 0 saturated carbocycles. The Kier molecular flexibility index (Phi) is 9.31. The second-order valence-corrected chi connectivity index (χ2v) is 6.07. The van der Waals surface area contributed by atoms with E-state index in [-0.39, 0.29) is 36.7 Å². The first-order valence-corrected chi connectivity index (χ1v) is 8.15. The van der Waals surface area contributed by atoms with Crippen molar-refractivity contribution in [1.82, 2.24) is 10.2 Å². The Labute approximate surface area is 155 Å². The highest BCUT2D eigenvalue weighted by Crippen LogP contribution is 2.37. The maximum absolute atomic E-state index is 14.5. The number of benzene rings is 1. The summed E-state index contributed by atoms with van der Waals surface area (Å²) in [6, 6.07) is 5.21. The summed E-state index contributed by atoms with van der Waals surface area (Å²) < 4.78 is 25.3. The van der Waals surface area contributed by atoms with Crippen molar-refractivity contribution in [2.24, 2.45) is 5.92 Å². The topological polar surface area (TPSA) is 33.7 Å². The molecule has 0 amide bonds. The number of nitrogens with one attached hydrogen (secondary N) is 1. The van der Waals surface area contributed by atoms with Gasteiger partial charge in [-0.3, -0.25) is 4.90 Å². The van der Waals surface area contributed by atoms with Crippen LogP contribution in [0.5, 0.6) is 5.75 Å². The smallest absolute Gasteiger partial charge is 0.128 e. The molecule has 0 unspecified atom stereocenters. The number of piperazine rings is 1. The average Bonchev–Trinajstić information content (AvgIpc) is 2.59. The van der Waals surface area contributed by atoms with Gasteiger partial charge in [0.1, 0.15) is 11.6 Å². The first-order valence-electron chi connectivity index (χ1n) is 8.15. The van der Waals surface area contributed by atoms with Crippen molar-refractivity contribution < 1.29 is 13.9 Å². The Bertz CT molecular complexity index is 477. The Morgan fingerprint density at radius 1 is 1.21 bits per heavy atom. The van der Waals surface area contributed by atoms with Gasteiger partial charge in [0.2, 0.25) is 0 Å². The van der Waals surface area contributed by atoms with Crippen LogP contribution < -0.4 is 10.1 Å². The molecule has 1 aromatic carbocycles. The third kappa shape index (κ3) is 4.96. The molecule has 0 aliphatic carbocycles. The Balaban J connectivity index is 0.00000144. The number of nitrogens with zero attached hydrogens (tertiary/aromatic N) is 1. The lowest BCUT2D eigenvalue weighted by atomic mass is 9.85. The van der Waals surface area contributed by atoms with Gasteiger partial charge in [-0.2, -0.15) is 0 Å². The maximum Gasteiger partial charge on any atom is 0.128 e. The highest BCUT2D eigenvalue weighted by Gasteiger charge is 2.33. The van der Waals surface area contributed by atoms with Crippen LogP contribution in [0.3, 0.4) is 0 Å². The van der Waals surface area contributed by atoms with Gasteiger partial charge in [0.25, 0.3) is 0 Å². The molecule has 7 heteroatoms. The molecule has 2 heterocycles. The zero-order valence-electron chi connectivity index (χ0n) is 14.0. The first-order chi connectivity index (χ1) is 10.8. The van der Waals surface area contributed by atoms with Crippen LogP contribution in [-0.2, 0) is 4.74 Å². The van der Waals surface area contributed by atoms with Gasteiger partial charge in [0, 0.05) is 51.0 Å². The Hall–Kier alpha value is -0.590. The van der Waals surface area contributed by atoms with Gasteiger partial charge in [-0.25, -0.2) is 4.39 Å². The number of rotatable bonds is 4. The van der Waals surface area contributed by atoms with Crippen LogP contribution in [0, 0.1) is 11.7 Å². The fourth-order valence-electron chi connectivity index (χ4n) is 3.62. The van der Waals surface area contributed by atoms with Gasteiger partial charge in [0.15, 0.2) is 0 Å². The van der Waals surface area contributed by atoms with E-state index in [0.717, 1.165) is 63.5 Å². The molecule has 2 saturated heterocycles. The minimum Gasteiger partial charge on any atom is -0.497 e. The van der Waals surface area contributed by atoms with Crippen molar-refractivity contribution >= 4 is 24.8 Å². The number of halogens is 3. The summed E-state index contributed by atoms with van der Waals surface area (Å²) in [5, 5.41) is 3.38. The maximum atomic E-state index is 14.5. The molecule has 2 fully saturated rings. The zero-order valence-corrected chi connectivity index (χ0v) is 15.6. The van der Waals surface area contributed by atoms with Crippen LogP contribution in [0.25, 0.3) is 0 Å². The summed E-state index contributed by atoms with van der Waals surface area (Å²) in [5.74, 6) is 1.04. The molecular weight excluding hydrogens is 354 g/mol. The highest BCUT2D eigenvalue weighted by molar-refractivity contribution is 5.85. The number of methoxy groups -OCH3 is 1. The fraction of sp³-hybridized carbons (Fsp3) is 0.647. The van der Waals surface area contributed by atoms with Gasteiger partial charge in [-0.1, -0.05) is 0 Å². The molecule has 0 radical (unpaired) electrons. The molecule has 4 nitrogen and oxygen atoms in total. The first kappa shape index (κ1) is 21.5. The average molecular weight is 381 g/mol. The molecule has 1 N–H and O–H groups in total. The third-order valence-corrected chi connectivity index (χ3v) is 4.78. The molecule has 2 aliphatic heterocycles. The summed E-state index contributed by atoms with van der Waals surface area (Å²) >= 11 is 0. The van der Waals surface area contributed by atoms with Crippen molar-refractivity contribution in [3.8, 4) is 5.75 Å². The number of hydrogen-bond donors (Lipinski definition) is 1. The summed E-state index contributed by atoms with van der Waals surface area (Å²) in [4.78, 5) is 2.42. The van der Waals surface area contributed by atoms with Crippen LogP contribution in [0.2, 0.25) is 0 Å².